The van der Waals surface area contributed by atoms with E-state index < -0.39 is 23.5 Å². The Hall–Kier alpha value is -3.28. The smallest absolute Gasteiger partial charge is 0.391 e. The largest absolute Gasteiger partial charge is 0.489 e. The molecule has 1 aliphatic rings. The second-order valence-corrected chi connectivity index (χ2v) is 8.58. The van der Waals surface area contributed by atoms with E-state index in [-0.39, 0.29) is 18.4 Å². The Morgan fingerprint density at radius 3 is 1.94 bits per heavy atom. The van der Waals surface area contributed by atoms with Gasteiger partial charge >= 0.3 is 12.1 Å². The molecule has 0 spiro atoms. The van der Waals surface area contributed by atoms with Crippen molar-refractivity contribution in [2.75, 3.05) is 0 Å². The predicted molar refractivity (Wildman–Crippen MR) is 119 cm³/mol. The molecule has 4 rings (SSSR count). The number of carbonyl (C=O) groups is 1. The minimum atomic E-state index is -4.20. The van der Waals surface area contributed by atoms with Gasteiger partial charge in [0.25, 0.3) is 0 Å². The fraction of sp³-hybridized carbons (Fsp3) is 0.296. The molecule has 3 aromatic rings. The molecule has 0 aromatic heterocycles. The van der Waals surface area contributed by atoms with Gasteiger partial charge in [0, 0.05) is 5.41 Å². The van der Waals surface area contributed by atoms with Crippen LogP contribution in [0.2, 0.25) is 0 Å². The first-order valence-electron chi connectivity index (χ1n) is 11.0. The number of carboxylic acid groups (broad SMARTS) is 1. The molecule has 0 heterocycles. The molecule has 1 saturated carbocycles. The van der Waals surface area contributed by atoms with Gasteiger partial charge in [0.15, 0.2) is 0 Å². The Balaban J connectivity index is 1.60. The zero-order valence-corrected chi connectivity index (χ0v) is 18.0. The second-order valence-electron chi connectivity index (χ2n) is 8.58. The number of halogens is 3. The first-order chi connectivity index (χ1) is 15.8. The van der Waals surface area contributed by atoms with Crippen LogP contribution >= 0.6 is 0 Å². The molecule has 0 aliphatic heterocycles. The topological polar surface area (TPSA) is 46.5 Å². The van der Waals surface area contributed by atoms with Gasteiger partial charge in [-0.2, -0.15) is 13.2 Å². The van der Waals surface area contributed by atoms with E-state index in [1.54, 1.807) is 12.1 Å². The lowest BCUT2D eigenvalue weighted by molar-refractivity contribution is -0.184. The van der Waals surface area contributed by atoms with Crippen molar-refractivity contribution in [3.05, 3.63) is 101 Å². The van der Waals surface area contributed by atoms with Crippen molar-refractivity contribution in [1.82, 2.24) is 0 Å². The molecular formula is C27H25F3O3. The molecule has 172 valence electrons. The number of alkyl halides is 3. The van der Waals surface area contributed by atoms with E-state index in [0.29, 0.717) is 25.2 Å². The fourth-order valence-corrected chi connectivity index (χ4v) is 4.72. The summed E-state index contributed by atoms with van der Waals surface area (Å²) in [4.78, 5) is 11.3. The number of benzene rings is 3. The summed E-state index contributed by atoms with van der Waals surface area (Å²) in [5, 5.41) is 9.22. The summed E-state index contributed by atoms with van der Waals surface area (Å²) >= 11 is 0. The van der Waals surface area contributed by atoms with E-state index in [0.717, 1.165) is 16.7 Å². The lowest BCUT2D eigenvalue weighted by atomic mass is 9.63. The molecule has 3 nitrogen and oxygen atoms in total. The zero-order chi connectivity index (χ0) is 23.5. The van der Waals surface area contributed by atoms with Crippen molar-refractivity contribution in [3.8, 4) is 5.75 Å². The molecule has 1 N–H and O–H groups in total. The maximum atomic E-state index is 13.3. The SMILES string of the molecule is O=C(O)c1ccc(C2(c3ccc(OCc4ccccc4)cc3)CCC(C(F)(F)F)CC2)cc1. The van der Waals surface area contributed by atoms with Gasteiger partial charge in [-0.3, -0.25) is 0 Å². The first-order valence-corrected chi connectivity index (χ1v) is 11.0. The van der Waals surface area contributed by atoms with Crippen LogP contribution in [0.15, 0.2) is 78.9 Å². The summed E-state index contributed by atoms with van der Waals surface area (Å²) in [6, 6.07) is 23.8. The Morgan fingerprint density at radius 2 is 1.42 bits per heavy atom. The van der Waals surface area contributed by atoms with Crippen molar-refractivity contribution in [1.29, 1.82) is 0 Å². The van der Waals surface area contributed by atoms with Crippen LogP contribution in [-0.4, -0.2) is 17.3 Å². The van der Waals surface area contributed by atoms with Crippen LogP contribution in [-0.2, 0) is 12.0 Å². The Bertz CT molecular complexity index is 1070. The van der Waals surface area contributed by atoms with Gasteiger partial charge in [-0.15, -0.1) is 0 Å². The van der Waals surface area contributed by atoms with Crippen LogP contribution in [0.5, 0.6) is 5.75 Å². The monoisotopic (exact) mass is 454 g/mol. The summed E-state index contributed by atoms with van der Waals surface area (Å²) in [7, 11) is 0. The van der Waals surface area contributed by atoms with Gasteiger partial charge in [0.2, 0.25) is 0 Å². The molecule has 0 bridgehead atoms. The molecule has 1 aliphatic carbocycles. The highest BCUT2D eigenvalue weighted by Crippen LogP contribution is 2.50. The molecule has 33 heavy (non-hydrogen) atoms. The number of hydrogen-bond donors (Lipinski definition) is 1. The Kier molecular flexibility index (Phi) is 6.45. The van der Waals surface area contributed by atoms with Crippen LogP contribution < -0.4 is 4.74 Å². The standard InChI is InChI=1S/C27H25F3O3/c28-27(29,30)23-14-16-26(17-15-23,21-8-6-20(7-9-21)25(31)32)22-10-12-24(13-11-22)33-18-19-4-2-1-3-5-19/h1-13,23H,14-18H2,(H,31,32). The van der Waals surface area contributed by atoms with E-state index in [1.807, 2.05) is 54.6 Å². The van der Waals surface area contributed by atoms with Gasteiger partial charge < -0.3 is 9.84 Å². The molecule has 0 amide bonds. The average molecular weight is 454 g/mol. The van der Waals surface area contributed by atoms with Gasteiger partial charge in [-0.1, -0.05) is 54.6 Å². The highest BCUT2D eigenvalue weighted by Gasteiger charge is 2.47. The van der Waals surface area contributed by atoms with E-state index in [1.165, 1.54) is 12.1 Å². The van der Waals surface area contributed by atoms with Gasteiger partial charge in [-0.05, 0) is 66.6 Å². The summed E-state index contributed by atoms with van der Waals surface area (Å²) < 4.78 is 45.9. The van der Waals surface area contributed by atoms with Crippen molar-refractivity contribution in [2.45, 2.75) is 43.9 Å². The Labute approximate surface area is 190 Å². The quantitative estimate of drug-likeness (QED) is 0.436. The first kappa shape index (κ1) is 22.9. The Morgan fingerprint density at radius 1 is 0.879 bits per heavy atom. The maximum Gasteiger partial charge on any atom is 0.391 e. The van der Waals surface area contributed by atoms with Gasteiger partial charge in [0.1, 0.15) is 12.4 Å². The van der Waals surface area contributed by atoms with E-state index in [2.05, 4.69) is 0 Å². The third kappa shape index (κ3) is 5.05. The third-order valence-electron chi connectivity index (χ3n) is 6.64. The number of ether oxygens (including phenoxy) is 1. The van der Waals surface area contributed by atoms with Crippen LogP contribution in [0.3, 0.4) is 0 Å². The maximum absolute atomic E-state index is 13.3. The third-order valence-corrected chi connectivity index (χ3v) is 6.64. The lowest BCUT2D eigenvalue weighted by Crippen LogP contribution is -2.37. The van der Waals surface area contributed by atoms with Crippen LogP contribution in [0.1, 0.15) is 52.7 Å². The minimum absolute atomic E-state index is 0.0381. The average Bonchev–Trinajstić information content (AvgIpc) is 2.83. The van der Waals surface area contributed by atoms with Crippen LogP contribution in [0.25, 0.3) is 0 Å². The van der Waals surface area contributed by atoms with E-state index >= 15 is 0 Å². The molecule has 0 unspecified atom stereocenters. The minimum Gasteiger partial charge on any atom is -0.489 e. The summed E-state index contributed by atoms with van der Waals surface area (Å²) in [6.45, 7) is 0.426. The zero-order valence-electron chi connectivity index (χ0n) is 18.0. The van der Waals surface area contributed by atoms with E-state index in [4.69, 9.17) is 4.74 Å². The lowest BCUT2D eigenvalue weighted by Gasteiger charge is -2.42. The second kappa shape index (κ2) is 9.30. The molecule has 0 radical (unpaired) electrons. The molecular weight excluding hydrogens is 429 g/mol. The van der Waals surface area contributed by atoms with Crippen molar-refractivity contribution >= 4 is 5.97 Å². The normalized spacial score (nSPS) is 20.9. The van der Waals surface area contributed by atoms with Crippen LogP contribution in [0.4, 0.5) is 13.2 Å². The summed E-state index contributed by atoms with van der Waals surface area (Å²) in [6.07, 6.45) is -3.44. The van der Waals surface area contributed by atoms with Crippen LogP contribution in [0, 0.1) is 5.92 Å². The van der Waals surface area contributed by atoms with Crippen molar-refractivity contribution in [3.63, 3.8) is 0 Å². The summed E-state index contributed by atoms with van der Waals surface area (Å²) in [5.74, 6) is -1.66. The van der Waals surface area contributed by atoms with Crippen molar-refractivity contribution in [2.24, 2.45) is 5.92 Å². The number of hydrogen-bond acceptors (Lipinski definition) is 2. The molecule has 0 saturated heterocycles. The molecule has 6 heteroatoms. The highest BCUT2D eigenvalue weighted by atomic mass is 19.4. The van der Waals surface area contributed by atoms with Gasteiger partial charge in [0.05, 0.1) is 11.5 Å². The summed E-state index contributed by atoms with van der Waals surface area (Å²) in [5.41, 5.74) is 2.35. The molecule has 0 atom stereocenters. The fourth-order valence-electron chi connectivity index (χ4n) is 4.72. The highest BCUT2D eigenvalue weighted by molar-refractivity contribution is 5.87. The number of aromatic carboxylic acids is 1. The van der Waals surface area contributed by atoms with E-state index in [9.17, 15) is 23.1 Å². The number of carboxylic acids is 1. The molecule has 1 fully saturated rings. The number of rotatable bonds is 6. The molecule has 3 aromatic carbocycles. The predicted octanol–water partition coefficient (Wildman–Crippen LogP) is 7.00. The van der Waals surface area contributed by atoms with Crippen molar-refractivity contribution < 1.29 is 27.8 Å². The van der Waals surface area contributed by atoms with Gasteiger partial charge in [-0.25, -0.2) is 4.79 Å².